The van der Waals surface area contributed by atoms with E-state index in [1.807, 2.05) is 0 Å². The van der Waals surface area contributed by atoms with Crippen LogP contribution in [0.25, 0.3) is 0 Å². The lowest BCUT2D eigenvalue weighted by molar-refractivity contribution is 0.401. The number of nitrogens with one attached hydrogen (secondary N) is 2. The molecule has 13 heavy (non-hydrogen) atoms. The lowest BCUT2D eigenvalue weighted by atomic mass is 10.2. The molecule has 0 aliphatic carbocycles. The first-order chi connectivity index (χ1) is 6.19. The molecule has 1 rings (SSSR count). The third kappa shape index (κ3) is 1.87. The van der Waals surface area contributed by atoms with E-state index in [9.17, 15) is 0 Å². The van der Waals surface area contributed by atoms with Crippen molar-refractivity contribution in [3.8, 4) is 0 Å². The molecular formula is C8H12N4O. The van der Waals surface area contributed by atoms with Crippen LogP contribution in [0, 0.1) is 5.41 Å². The van der Waals surface area contributed by atoms with Crippen molar-refractivity contribution in [2.24, 2.45) is 0 Å². The number of aromatic nitrogens is 1. The first-order valence-electron chi connectivity index (χ1n) is 3.75. The smallest absolute Gasteiger partial charge is 0.216 e. The Morgan fingerprint density at radius 2 is 2.38 bits per heavy atom. The Kier molecular flexibility index (Phi) is 2.69. The number of rotatable bonds is 2. The van der Waals surface area contributed by atoms with Crippen LogP contribution in [0.15, 0.2) is 12.3 Å². The van der Waals surface area contributed by atoms with Gasteiger partial charge in [-0.3, -0.25) is 5.41 Å². The molecule has 5 nitrogen and oxygen atoms in total. The van der Waals surface area contributed by atoms with Crippen LogP contribution < -0.4 is 11.1 Å². The summed E-state index contributed by atoms with van der Waals surface area (Å²) >= 11 is 0. The minimum absolute atomic E-state index is 0.0455. The zero-order chi connectivity index (χ0) is 9.84. The van der Waals surface area contributed by atoms with E-state index in [0.717, 1.165) is 0 Å². The van der Waals surface area contributed by atoms with E-state index in [0.29, 0.717) is 17.1 Å². The molecule has 0 amide bonds. The number of anilines is 2. The predicted octanol–water partition coefficient (Wildman–Crippen LogP) is 0.677. The van der Waals surface area contributed by atoms with Crippen LogP contribution in [0.2, 0.25) is 0 Å². The molecule has 4 N–H and O–H groups in total. The Morgan fingerprint density at radius 3 is 2.92 bits per heavy atom. The summed E-state index contributed by atoms with van der Waals surface area (Å²) in [5.41, 5.74) is 6.60. The summed E-state index contributed by atoms with van der Waals surface area (Å²) in [5, 5.41) is 10.3. The van der Waals surface area contributed by atoms with E-state index in [2.05, 4.69) is 10.3 Å². The molecule has 0 aliphatic heterocycles. The molecule has 0 saturated heterocycles. The summed E-state index contributed by atoms with van der Waals surface area (Å²) in [6.45, 7) is 0. The van der Waals surface area contributed by atoms with Gasteiger partial charge in [-0.2, -0.15) is 0 Å². The fourth-order valence-corrected chi connectivity index (χ4v) is 0.963. The van der Waals surface area contributed by atoms with Gasteiger partial charge in [-0.15, -0.1) is 0 Å². The average molecular weight is 180 g/mol. The molecule has 0 unspecified atom stereocenters. The van der Waals surface area contributed by atoms with Crippen molar-refractivity contribution < 1.29 is 4.74 Å². The summed E-state index contributed by atoms with van der Waals surface area (Å²) in [7, 11) is 3.16. The normalized spacial score (nSPS) is 9.38. The molecule has 1 heterocycles. The van der Waals surface area contributed by atoms with Crippen molar-refractivity contribution in [3.05, 3.63) is 17.8 Å². The minimum atomic E-state index is 0.0455. The van der Waals surface area contributed by atoms with Gasteiger partial charge in [0.25, 0.3) is 0 Å². The van der Waals surface area contributed by atoms with Crippen molar-refractivity contribution in [2.75, 3.05) is 25.2 Å². The minimum Gasteiger partial charge on any atom is -0.481 e. The first kappa shape index (κ1) is 9.31. The van der Waals surface area contributed by atoms with Crippen LogP contribution >= 0.6 is 0 Å². The zero-order valence-corrected chi connectivity index (χ0v) is 7.59. The molecular weight excluding hydrogens is 168 g/mol. The van der Waals surface area contributed by atoms with Crippen molar-refractivity contribution in [1.82, 2.24) is 4.98 Å². The second kappa shape index (κ2) is 3.75. The lowest BCUT2D eigenvalue weighted by Gasteiger charge is -2.08. The number of nitrogen functional groups attached to an aromatic ring is 1. The van der Waals surface area contributed by atoms with Gasteiger partial charge in [0.1, 0.15) is 5.82 Å². The summed E-state index contributed by atoms with van der Waals surface area (Å²) < 4.78 is 4.78. The summed E-state index contributed by atoms with van der Waals surface area (Å²) in [6.07, 6.45) is 1.53. The monoisotopic (exact) mass is 180 g/mol. The van der Waals surface area contributed by atoms with Crippen molar-refractivity contribution >= 4 is 17.4 Å². The van der Waals surface area contributed by atoms with Crippen LogP contribution in [0.4, 0.5) is 11.5 Å². The van der Waals surface area contributed by atoms with E-state index in [1.165, 1.54) is 13.3 Å². The summed E-state index contributed by atoms with van der Waals surface area (Å²) in [4.78, 5) is 4.01. The van der Waals surface area contributed by atoms with E-state index >= 15 is 0 Å². The van der Waals surface area contributed by atoms with Crippen molar-refractivity contribution in [1.29, 1.82) is 5.41 Å². The van der Waals surface area contributed by atoms with Gasteiger partial charge in [-0.25, -0.2) is 4.98 Å². The molecule has 0 atom stereocenters. The third-order valence-electron chi connectivity index (χ3n) is 1.59. The Balaban J connectivity index is 3.15. The highest BCUT2D eigenvalue weighted by molar-refractivity contribution is 5.97. The van der Waals surface area contributed by atoms with Crippen LogP contribution in [0.3, 0.4) is 0 Å². The molecule has 0 aliphatic rings. The number of hydrogen-bond donors (Lipinski definition) is 3. The molecule has 0 spiro atoms. The van der Waals surface area contributed by atoms with Gasteiger partial charge in [0.05, 0.1) is 24.6 Å². The second-order valence-electron chi connectivity index (χ2n) is 2.45. The van der Waals surface area contributed by atoms with Gasteiger partial charge < -0.3 is 15.8 Å². The molecule has 0 aromatic carbocycles. The Hall–Kier alpha value is -1.78. The molecule has 0 radical (unpaired) electrons. The highest BCUT2D eigenvalue weighted by Gasteiger charge is 2.08. The van der Waals surface area contributed by atoms with E-state index < -0.39 is 0 Å². The molecule has 1 aromatic heterocycles. The van der Waals surface area contributed by atoms with Gasteiger partial charge >= 0.3 is 0 Å². The Morgan fingerprint density at radius 1 is 1.69 bits per heavy atom. The topological polar surface area (TPSA) is 84.0 Å². The standard InChI is InChI=1S/C8H12N4O/c1-11-8-6(7(10)13-2)3-5(9)4-12-8/h3-4,10H,9H2,1-2H3,(H,11,12). The van der Waals surface area contributed by atoms with E-state index in [4.69, 9.17) is 15.9 Å². The van der Waals surface area contributed by atoms with Gasteiger partial charge in [0.2, 0.25) is 5.90 Å². The second-order valence-corrected chi connectivity index (χ2v) is 2.45. The van der Waals surface area contributed by atoms with E-state index in [-0.39, 0.29) is 5.90 Å². The van der Waals surface area contributed by atoms with Crippen molar-refractivity contribution in [2.45, 2.75) is 0 Å². The number of methoxy groups -OCH3 is 1. The Labute approximate surface area is 76.4 Å². The van der Waals surface area contributed by atoms with Gasteiger partial charge in [0, 0.05) is 7.05 Å². The quantitative estimate of drug-likeness (QED) is 0.461. The molecule has 0 fully saturated rings. The number of hydrogen-bond acceptors (Lipinski definition) is 5. The summed E-state index contributed by atoms with van der Waals surface area (Å²) in [6, 6.07) is 1.64. The zero-order valence-electron chi connectivity index (χ0n) is 7.59. The maximum absolute atomic E-state index is 7.46. The number of ether oxygens (including phenoxy) is 1. The van der Waals surface area contributed by atoms with Gasteiger partial charge in [-0.05, 0) is 6.07 Å². The predicted molar refractivity (Wildman–Crippen MR) is 52.0 cm³/mol. The van der Waals surface area contributed by atoms with Crippen LogP contribution in [0.1, 0.15) is 5.56 Å². The summed E-state index contributed by atoms with van der Waals surface area (Å²) in [5.74, 6) is 0.630. The fraction of sp³-hybridized carbons (Fsp3) is 0.250. The number of pyridine rings is 1. The highest BCUT2D eigenvalue weighted by atomic mass is 16.5. The fourth-order valence-electron chi connectivity index (χ4n) is 0.963. The van der Waals surface area contributed by atoms with Crippen LogP contribution in [-0.4, -0.2) is 25.0 Å². The number of nitrogens with zero attached hydrogens (tertiary/aromatic N) is 1. The molecule has 5 heteroatoms. The maximum atomic E-state index is 7.46. The SMILES string of the molecule is CNc1ncc(N)cc1C(=N)OC. The third-order valence-corrected chi connectivity index (χ3v) is 1.59. The first-order valence-corrected chi connectivity index (χ1v) is 3.75. The molecule has 0 saturated carbocycles. The van der Waals surface area contributed by atoms with Crippen molar-refractivity contribution in [3.63, 3.8) is 0 Å². The van der Waals surface area contributed by atoms with Crippen LogP contribution in [0.5, 0.6) is 0 Å². The largest absolute Gasteiger partial charge is 0.481 e. The maximum Gasteiger partial charge on any atom is 0.216 e. The average Bonchev–Trinajstić information content (AvgIpc) is 2.16. The van der Waals surface area contributed by atoms with Crippen LogP contribution in [-0.2, 0) is 4.74 Å². The highest BCUT2D eigenvalue weighted by Crippen LogP contribution is 2.15. The van der Waals surface area contributed by atoms with E-state index in [1.54, 1.807) is 13.1 Å². The molecule has 1 aromatic rings. The molecule has 70 valence electrons. The van der Waals surface area contributed by atoms with Gasteiger partial charge in [-0.1, -0.05) is 0 Å². The molecule has 0 bridgehead atoms. The Bertz CT molecular complexity index is 324. The number of nitrogens with two attached hydrogens (primary N) is 1. The van der Waals surface area contributed by atoms with Gasteiger partial charge in [0.15, 0.2) is 0 Å². The lowest BCUT2D eigenvalue weighted by Crippen LogP contribution is -2.08.